The van der Waals surface area contributed by atoms with Gasteiger partial charge in [0, 0.05) is 30.4 Å². The molecule has 4 rings (SSSR count). The summed E-state index contributed by atoms with van der Waals surface area (Å²) in [4.78, 5) is 7.27. The lowest BCUT2D eigenvalue weighted by Crippen LogP contribution is -2.48. The zero-order valence-electron chi connectivity index (χ0n) is 15.5. The summed E-state index contributed by atoms with van der Waals surface area (Å²) in [6, 6.07) is 4.72. The van der Waals surface area contributed by atoms with Crippen LogP contribution in [0.15, 0.2) is 39.8 Å². The van der Waals surface area contributed by atoms with Crippen LogP contribution in [0.1, 0.15) is 43.4 Å². The lowest BCUT2D eigenvalue weighted by atomic mass is 9.75. The van der Waals surface area contributed by atoms with E-state index in [-0.39, 0.29) is 11.5 Å². The quantitative estimate of drug-likeness (QED) is 0.896. The van der Waals surface area contributed by atoms with Crippen LogP contribution in [0.4, 0.5) is 0 Å². The van der Waals surface area contributed by atoms with E-state index in [1.54, 1.807) is 0 Å². The van der Waals surface area contributed by atoms with Gasteiger partial charge in [0.2, 0.25) is 0 Å². The summed E-state index contributed by atoms with van der Waals surface area (Å²) in [6.07, 6.45) is 7.88. The van der Waals surface area contributed by atoms with Crippen LogP contribution in [-0.4, -0.2) is 49.2 Å². The number of piperidine rings is 1. The molecule has 3 heterocycles. The molecule has 25 heavy (non-hydrogen) atoms. The predicted molar refractivity (Wildman–Crippen MR) is 99.8 cm³/mol. The Morgan fingerprint density at radius 3 is 2.84 bits per heavy atom. The second-order valence-electron chi connectivity index (χ2n) is 8.00. The van der Waals surface area contributed by atoms with Crippen molar-refractivity contribution in [1.29, 1.82) is 0 Å². The van der Waals surface area contributed by atoms with Crippen molar-refractivity contribution in [3.05, 3.63) is 40.9 Å². The highest BCUT2D eigenvalue weighted by Crippen LogP contribution is 2.37. The highest BCUT2D eigenvalue weighted by Gasteiger charge is 2.37. The average Bonchev–Trinajstić information content (AvgIpc) is 3.21. The number of azo groups is 1. The Kier molecular flexibility index (Phi) is 4.69. The van der Waals surface area contributed by atoms with E-state index in [0.29, 0.717) is 0 Å². The summed E-state index contributed by atoms with van der Waals surface area (Å²) < 4.78 is 0. The Balaban J connectivity index is 1.49. The van der Waals surface area contributed by atoms with Gasteiger partial charge in [-0.3, -0.25) is 4.98 Å². The van der Waals surface area contributed by atoms with Crippen LogP contribution in [0.5, 0.6) is 0 Å². The third-order valence-corrected chi connectivity index (χ3v) is 6.02. The summed E-state index contributed by atoms with van der Waals surface area (Å²) in [5, 5.41) is 12.5. The number of rotatable bonds is 5. The van der Waals surface area contributed by atoms with Crippen molar-refractivity contribution < 1.29 is 0 Å². The molecular formula is C20H29N5. The highest BCUT2D eigenvalue weighted by molar-refractivity contribution is 5.27. The van der Waals surface area contributed by atoms with Gasteiger partial charge in [0.15, 0.2) is 0 Å². The minimum atomic E-state index is 0.149. The Morgan fingerprint density at radius 1 is 1.24 bits per heavy atom. The van der Waals surface area contributed by atoms with Crippen LogP contribution in [0.3, 0.4) is 0 Å². The SMILES string of the molecule is Cc1ccc(C2(CN(C)CC3N=NC4=C3CCC4)CCNCC2)nc1. The van der Waals surface area contributed by atoms with E-state index < -0.39 is 0 Å². The van der Waals surface area contributed by atoms with Crippen molar-refractivity contribution in [3.63, 3.8) is 0 Å². The van der Waals surface area contributed by atoms with Crippen LogP contribution in [0, 0.1) is 6.92 Å². The number of allylic oxidation sites excluding steroid dienone is 1. The van der Waals surface area contributed by atoms with Gasteiger partial charge in [-0.25, -0.2) is 0 Å². The Bertz CT molecular complexity index is 670. The van der Waals surface area contributed by atoms with Gasteiger partial charge in [0.25, 0.3) is 0 Å². The van der Waals surface area contributed by atoms with Gasteiger partial charge in [0.1, 0.15) is 6.04 Å². The number of hydrogen-bond donors (Lipinski definition) is 1. The summed E-state index contributed by atoms with van der Waals surface area (Å²) in [5.41, 5.74) is 5.40. The molecule has 1 N–H and O–H groups in total. The molecule has 1 aromatic rings. The van der Waals surface area contributed by atoms with E-state index in [9.17, 15) is 0 Å². The molecule has 0 aromatic carbocycles. The molecule has 0 radical (unpaired) electrons. The number of nitrogens with one attached hydrogen (secondary N) is 1. The third-order valence-electron chi connectivity index (χ3n) is 6.02. The summed E-state index contributed by atoms with van der Waals surface area (Å²) in [6.45, 7) is 6.27. The van der Waals surface area contributed by atoms with E-state index in [2.05, 4.69) is 46.5 Å². The van der Waals surface area contributed by atoms with E-state index in [1.807, 2.05) is 6.20 Å². The first-order valence-electron chi connectivity index (χ1n) is 9.61. The monoisotopic (exact) mass is 339 g/mol. The van der Waals surface area contributed by atoms with Crippen LogP contribution in [0.2, 0.25) is 0 Å². The van der Waals surface area contributed by atoms with Crippen molar-refractivity contribution in [3.8, 4) is 0 Å². The topological polar surface area (TPSA) is 52.9 Å². The lowest BCUT2D eigenvalue weighted by molar-refractivity contribution is 0.193. The molecule has 1 unspecified atom stereocenters. The first kappa shape index (κ1) is 16.9. The Hall–Kier alpha value is -1.59. The maximum absolute atomic E-state index is 4.81. The standard InChI is InChI=1S/C20H29N5/c1-15-6-7-19(22-12-15)20(8-10-21-11-9-20)14-25(2)13-18-16-4-3-5-17(16)23-24-18/h6-7,12,18,21H,3-5,8-11,13-14H2,1-2H3. The number of aryl methyl sites for hydroxylation is 1. The second kappa shape index (κ2) is 6.96. The summed E-state index contributed by atoms with van der Waals surface area (Å²) in [5.74, 6) is 0. The first-order valence-corrected chi connectivity index (χ1v) is 9.61. The molecule has 3 aliphatic rings. The van der Waals surface area contributed by atoms with Crippen molar-refractivity contribution in [2.45, 2.75) is 50.5 Å². The fourth-order valence-electron chi connectivity index (χ4n) is 4.64. The van der Waals surface area contributed by atoms with Crippen LogP contribution >= 0.6 is 0 Å². The van der Waals surface area contributed by atoms with Crippen molar-refractivity contribution in [1.82, 2.24) is 15.2 Å². The fourth-order valence-corrected chi connectivity index (χ4v) is 4.64. The molecule has 0 bridgehead atoms. The molecule has 0 saturated carbocycles. The van der Waals surface area contributed by atoms with Gasteiger partial charge < -0.3 is 10.2 Å². The molecule has 5 nitrogen and oxygen atoms in total. The van der Waals surface area contributed by atoms with E-state index >= 15 is 0 Å². The van der Waals surface area contributed by atoms with Crippen molar-refractivity contribution >= 4 is 0 Å². The minimum absolute atomic E-state index is 0.149. The number of nitrogens with zero attached hydrogens (tertiary/aromatic N) is 4. The Labute approximate surface area is 150 Å². The smallest absolute Gasteiger partial charge is 0.107 e. The number of pyridine rings is 1. The van der Waals surface area contributed by atoms with Crippen molar-refractivity contribution in [2.75, 3.05) is 33.2 Å². The molecule has 134 valence electrons. The largest absolute Gasteiger partial charge is 0.317 e. The molecule has 2 aliphatic heterocycles. The van der Waals surface area contributed by atoms with E-state index in [0.717, 1.165) is 45.4 Å². The Morgan fingerprint density at radius 2 is 2.08 bits per heavy atom. The van der Waals surface area contributed by atoms with Gasteiger partial charge in [-0.2, -0.15) is 10.2 Å². The lowest BCUT2D eigenvalue weighted by Gasteiger charge is -2.40. The van der Waals surface area contributed by atoms with Gasteiger partial charge >= 0.3 is 0 Å². The van der Waals surface area contributed by atoms with Gasteiger partial charge in [-0.05, 0) is 76.4 Å². The third kappa shape index (κ3) is 3.40. The van der Waals surface area contributed by atoms with Crippen molar-refractivity contribution in [2.24, 2.45) is 10.2 Å². The number of likely N-dealkylation sites (N-methyl/N-ethyl adjacent to an activating group) is 1. The van der Waals surface area contributed by atoms with Gasteiger partial charge in [-0.15, -0.1) is 0 Å². The number of hydrogen-bond acceptors (Lipinski definition) is 5. The molecule has 1 aromatic heterocycles. The highest BCUT2D eigenvalue weighted by atomic mass is 15.2. The molecule has 0 spiro atoms. The van der Waals surface area contributed by atoms with Crippen LogP contribution < -0.4 is 5.32 Å². The summed E-state index contributed by atoms with van der Waals surface area (Å²) in [7, 11) is 2.24. The number of aromatic nitrogens is 1. The maximum Gasteiger partial charge on any atom is 0.107 e. The van der Waals surface area contributed by atoms with Crippen LogP contribution in [-0.2, 0) is 5.41 Å². The van der Waals surface area contributed by atoms with Crippen LogP contribution in [0.25, 0.3) is 0 Å². The van der Waals surface area contributed by atoms with Gasteiger partial charge in [0.05, 0.1) is 5.70 Å². The fraction of sp³-hybridized carbons (Fsp3) is 0.650. The minimum Gasteiger partial charge on any atom is -0.317 e. The first-order chi connectivity index (χ1) is 12.2. The molecule has 1 saturated heterocycles. The predicted octanol–water partition coefficient (Wildman–Crippen LogP) is 3.22. The van der Waals surface area contributed by atoms with E-state index in [4.69, 9.17) is 4.98 Å². The van der Waals surface area contributed by atoms with Gasteiger partial charge in [-0.1, -0.05) is 6.07 Å². The normalized spacial score (nSPS) is 25.0. The zero-order valence-corrected chi connectivity index (χ0v) is 15.5. The summed E-state index contributed by atoms with van der Waals surface area (Å²) >= 11 is 0. The second-order valence-corrected chi connectivity index (χ2v) is 8.00. The molecule has 1 aliphatic carbocycles. The average molecular weight is 339 g/mol. The molecule has 5 heteroatoms. The maximum atomic E-state index is 4.81. The molecule has 1 fully saturated rings. The van der Waals surface area contributed by atoms with E-state index in [1.165, 1.54) is 35.4 Å². The molecule has 0 amide bonds. The zero-order chi connectivity index (χ0) is 17.3. The molecule has 1 atom stereocenters. The molecular weight excluding hydrogens is 310 g/mol.